The summed E-state index contributed by atoms with van der Waals surface area (Å²) in [5.74, 6) is -1.53. The molecule has 4 rings (SSSR count). The number of fused-ring (bicyclic) bond motifs is 1. The number of ether oxygens (including phenoxy) is 3. The van der Waals surface area contributed by atoms with Crippen LogP contribution in [0.3, 0.4) is 0 Å². The Kier molecular flexibility index (Phi) is 10.5. The SMILES string of the molecule is Cc1c(-c2cc3cc(NC(=O)C4C(C)C4CO)ncc3c(NC(=O)OC(C)(C)C)c2F)cncc1N(C(=O)OC(C)(C)C)C(=O)OC(C)(C)C. The number of halogens is 1. The van der Waals surface area contributed by atoms with Gasteiger partial charge in [-0.25, -0.2) is 23.8 Å². The Hall–Kier alpha value is -4.85. The van der Waals surface area contributed by atoms with Gasteiger partial charge in [0.05, 0.1) is 17.6 Å². The number of hydrogen-bond donors (Lipinski definition) is 3. The van der Waals surface area contributed by atoms with E-state index >= 15 is 4.39 Å². The molecular formula is C36H46FN5O8. The molecule has 0 spiro atoms. The highest BCUT2D eigenvalue weighted by molar-refractivity contribution is 6.11. The Bertz CT molecular complexity index is 1800. The Morgan fingerprint density at radius 1 is 0.860 bits per heavy atom. The van der Waals surface area contributed by atoms with E-state index in [4.69, 9.17) is 14.2 Å². The van der Waals surface area contributed by atoms with Gasteiger partial charge in [0.1, 0.15) is 22.6 Å². The normalized spacial score (nSPS) is 17.5. The number of aliphatic hydroxyl groups excluding tert-OH is 1. The van der Waals surface area contributed by atoms with Gasteiger partial charge in [0.15, 0.2) is 5.82 Å². The number of pyridine rings is 2. The van der Waals surface area contributed by atoms with Gasteiger partial charge in [0.25, 0.3) is 0 Å². The van der Waals surface area contributed by atoms with Gasteiger partial charge in [0.2, 0.25) is 5.91 Å². The van der Waals surface area contributed by atoms with Crippen LogP contribution in [-0.2, 0) is 19.0 Å². The molecule has 0 aliphatic heterocycles. The Labute approximate surface area is 290 Å². The Morgan fingerprint density at radius 2 is 1.44 bits per heavy atom. The summed E-state index contributed by atoms with van der Waals surface area (Å²) in [5.41, 5.74) is -2.73. The number of nitrogens with one attached hydrogen (secondary N) is 2. The van der Waals surface area contributed by atoms with Crippen LogP contribution in [-0.4, -0.2) is 62.7 Å². The van der Waals surface area contributed by atoms with Gasteiger partial charge in [-0.3, -0.25) is 15.1 Å². The molecule has 2 heterocycles. The highest BCUT2D eigenvalue weighted by Gasteiger charge is 2.51. The van der Waals surface area contributed by atoms with Crippen LogP contribution >= 0.6 is 0 Å². The first kappa shape index (κ1) is 38.0. The first-order chi connectivity index (χ1) is 23.0. The Morgan fingerprint density at radius 3 is 1.96 bits per heavy atom. The van der Waals surface area contributed by atoms with E-state index in [1.54, 1.807) is 69.2 Å². The van der Waals surface area contributed by atoms with E-state index in [-0.39, 0.29) is 69.5 Å². The second-order valence-corrected chi connectivity index (χ2v) is 15.4. The van der Waals surface area contributed by atoms with E-state index in [0.717, 1.165) is 0 Å². The van der Waals surface area contributed by atoms with Crippen LogP contribution in [0.25, 0.3) is 21.9 Å². The van der Waals surface area contributed by atoms with Crippen molar-refractivity contribution in [2.45, 2.75) is 93.0 Å². The molecule has 270 valence electrons. The van der Waals surface area contributed by atoms with Crippen molar-refractivity contribution in [2.24, 2.45) is 17.8 Å². The second kappa shape index (κ2) is 13.8. The number of benzene rings is 1. The number of aromatic nitrogens is 2. The zero-order valence-corrected chi connectivity index (χ0v) is 30.4. The predicted molar refractivity (Wildman–Crippen MR) is 186 cm³/mol. The number of rotatable bonds is 6. The molecule has 0 radical (unpaired) electrons. The summed E-state index contributed by atoms with van der Waals surface area (Å²) in [6, 6.07) is 3.01. The molecule has 1 fully saturated rings. The number of nitrogens with zero attached hydrogens (tertiary/aromatic N) is 3. The van der Waals surface area contributed by atoms with Gasteiger partial charge in [0, 0.05) is 41.4 Å². The van der Waals surface area contributed by atoms with Crippen LogP contribution in [0.5, 0.6) is 0 Å². The first-order valence-corrected chi connectivity index (χ1v) is 16.3. The maximum Gasteiger partial charge on any atom is 0.424 e. The lowest BCUT2D eigenvalue weighted by molar-refractivity contribution is -0.118. The quantitative estimate of drug-likeness (QED) is 0.219. The fourth-order valence-electron chi connectivity index (χ4n) is 5.43. The van der Waals surface area contributed by atoms with Crippen molar-refractivity contribution in [3.63, 3.8) is 0 Å². The minimum Gasteiger partial charge on any atom is -0.444 e. The Balaban J connectivity index is 1.88. The van der Waals surface area contributed by atoms with Gasteiger partial charge < -0.3 is 24.6 Å². The highest BCUT2D eigenvalue weighted by atomic mass is 19.1. The molecule has 1 saturated carbocycles. The van der Waals surface area contributed by atoms with Gasteiger partial charge in [-0.05, 0) is 104 Å². The van der Waals surface area contributed by atoms with E-state index in [1.165, 1.54) is 30.7 Å². The predicted octanol–water partition coefficient (Wildman–Crippen LogP) is 7.58. The molecule has 3 unspecified atom stereocenters. The summed E-state index contributed by atoms with van der Waals surface area (Å²) in [5, 5.41) is 15.4. The average molecular weight is 696 g/mol. The zero-order valence-electron chi connectivity index (χ0n) is 30.4. The second-order valence-electron chi connectivity index (χ2n) is 15.4. The summed E-state index contributed by atoms with van der Waals surface area (Å²) in [6.07, 6.45) is 0.963. The summed E-state index contributed by atoms with van der Waals surface area (Å²) in [4.78, 5) is 62.0. The van der Waals surface area contributed by atoms with Gasteiger partial charge >= 0.3 is 18.3 Å². The molecule has 1 aromatic carbocycles. The minimum absolute atomic E-state index is 0.00876. The smallest absolute Gasteiger partial charge is 0.424 e. The number of aliphatic hydroxyl groups is 1. The summed E-state index contributed by atoms with van der Waals surface area (Å²) in [7, 11) is 0. The number of imide groups is 1. The molecule has 0 saturated heterocycles. The lowest BCUT2D eigenvalue weighted by atomic mass is 9.97. The van der Waals surface area contributed by atoms with Crippen LogP contribution in [0.15, 0.2) is 30.7 Å². The lowest BCUT2D eigenvalue weighted by Gasteiger charge is -2.29. The van der Waals surface area contributed by atoms with Crippen molar-refractivity contribution < 1.29 is 42.9 Å². The monoisotopic (exact) mass is 695 g/mol. The van der Waals surface area contributed by atoms with Crippen LogP contribution < -0.4 is 15.5 Å². The van der Waals surface area contributed by atoms with Crippen molar-refractivity contribution in [1.29, 1.82) is 0 Å². The molecule has 0 bridgehead atoms. The maximum atomic E-state index is 16.7. The van der Waals surface area contributed by atoms with Crippen LogP contribution in [0.2, 0.25) is 0 Å². The van der Waals surface area contributed by atoms with E-state index in [1.807, 2.05) is 6.92 Å². The third-order valence-electron chi connectivity index (χ3n) is 7.79. The molecule has 50 heavy (non-hydrogen) atoms. The number of hydrogen-bond acceptors (Lipinski definition) is 10. The number of carbonyl (C=O) groups is 4. The van der Waals surface area contributed by atoms with Gasteiger partial charge in [-0.2, -0.15) is 4.90 Å². The van der Waals surface area contributed by atoms with Gasteiger partial charge in [-0.1, -0.05) is 6.92 Å². The topological polar surface area (TPSA) is 169 Å². The van der Waals surface area contributed by atoms with Crippen molar-refractivity contribution in [2.75, 3.05) is 22.1 Å². The molecule has 3 atom stereocenters. The molecule has 1 aliphatic rings. The molecule has 13 nitrogen and oxygen atoms in total. The van der Waals surface area contributed by atoms with Crippen molar-refractivity contribution in [1.82, 2.24) is 9.97 Å². The number of amides is 4. The summed E-state index contributed by atoms with van der Waals surface area (Å²) < 4.78 is 33.1. The lowest BCUT2D eigenvalue weighted by Crippen LogP contribution is -2.44. The molecular weight excluding hydrogens is 649 g/mol. The summed E-state index contributed by atoms with van der Waals surface area (Å²) >= 11 is 0. The molecule has 3 N–H and O–H groups in total. The highest BCUT2D eigenvalue weighted by Crippen LogP contribution is 2.46. The molecule has 3 aromatic rings. The van der Waals surface area contributed by atoms with Gasteiger partial charge in [-0.15, -0.1) is 0 Å². The average Bonchev–Trinajstić information content (AvgIpc) is 3.62. The van der Waals surface area contributed by atoms with Crippen LogP contribution in [0.1, 0.15) is 74.8 Å². The largest absolute Gasteiger partial charge is 0.444 e. The fraction of sp³-hybridized carbons (Fsp3) is 0.500. The standard InChI is InChI=1S/C36H46FN5O8/c1-18-22(14-38-16-25(18)42(32(46)49-35(6,7)8)33(47)50-36(9,10)11)21-12-20-13-26(40-30(44)27-19(2)24(27)17-43)39-15-23(20)29(28(21)37)41-31(45)48-34(3,4)5/h12-16,19,24,27,43H,17H2,1-11H3,(H,41,45)(H,39,40,44). The maximum absolute atomic E-state index is 16.7. The molecule has 14 heteroatoms. The van der Waals surface area contributed by atoms with Crippen LogP contribution in [0.4, 0.5) is 36.0 Å². The third-order valence-corrected chi connectivity index (χ3v) is 7.79. The fourth-order valence-corrected chi connectivity index (χ4v) is 5.43. The van der Waals surface area contributed by atoms with E-state index in [2.05, 4.69) is 20.6 Å². The van der Waals surface area contributed by atoms with Crippen molar-refractivity contribution in [3.8, 4) is 11.1 Å². The van der Waals surface area contributed by atoms with Crippen LogP contribution in [0, 0.1) is 30.5 Å². The van der Waals surface area contributed by atoms with E-state index in [9.17, 15) is 24.3 Å². The van der Waals surface area contributed by atoms with Crippen molar-refractivity contribution >= 4 is 52.2 Å². The molecule has 4 amide bonds. The van der Waals surface area contributed by atoms with E-state index < -0.39 is 40.9 Å². The van der Waals surface area contributed by atoms with Crippen molar-refractivity contribution in [3.05, 3.63) is 42.1 Å². The first-order valence-electron chi connectivity index (χ1n) is 16.3. The summed E-state index contributed by atoms with van der Waals surface area (Å²) in [6.45, 7) is 18.2. The molecule has 1 aliphatic carbocycles. The number of anilines is 3. The molecule has 2 aromatic heterocycles. The minimum atomic E-state index is -1.03. The zero-order chi connectivity index (χ0) is 37.5. The third kappa shape index (κ3) is 8.84. The van der Waals surface area contributed by atoms with E-state index in [0.29, 0.717) is 10.3 Å². The number of carbonyl (C=O) groups excluding carboxylic acids is 4.